The maximum Gasteiger partial charge on any atom is 0.243 e. The van der Waals surface area contributed by atoms with E-state index in [0.717, 1.165) is 32.0 Å². The van der Waals surface area contributed by atoms with Crippen LogP contribution >= 0.6 is 0 Å². The minimum Gasteiger partial charge on any atom is -0.486 e. The van der Waals surface area contributed by atoms with Crippen molar-refractivity contribution in [1.29, 1.82) is 0 Å². The molecule has 1 aromatic rings. The van der Waals surface area contributed by atoms with Crippen LogP contribution in [0.15, 0.2) is 23.1 Å². The number of rotatable bonds is 4. The molecule has 0 aromatic heterocycles. The first-order valence-corrected chi connectivity index (χ1v) is 10.2. The number of benzene rings is 1. The fourth-order valence-corrected chi connectivity index (χ4v) is 4.85. The molecule has 1 aromatic carbocycles. The first-order valence-electron chi connectivity index (χ1n) is 8.75. The van der Waals surface area contributed by atoms with E-state index < -0.39 is 10.0 Å². The van der Waals surface area contributed by atoms with Crippen molar-refractivity contribution in [2.24, 2.45) is 5.92 Å². The summed E-state index contributed by atoms with van der Waals surface area (Å²) in [6, 6.07) is 4.91. The van der Waals surface area contributed by atoms with Gasteiger partial charge < -0.3 is 14.4 Å². The second-order valence-electron chi connectivity index (χ2n) is 6.81. The van der Waals surface area contributed by atoms with E-state index in [2.05, 4.69) is 4.90 Å². The Morgan fingerprint density at radius 1 is 1.00 bits per heavy atom. The number of hydrogen-bond acceptors (Lipinski definition) is 5. The molecule has 7 heteroatoms. The van der Waals surface area contributed by atoms with Crippen molar-refractivity contribution < 1.29 is 17.9 Å². The van der Waals surface area contributed by atoms with E-state index in [0.29, 0.717) is 42.7 Å². The van der Waals surface area contributed by atoms with Gasteiger partial charge in [-0.1, -0.05) is 0 Å². The summed E-state index contributed by atoms with van der Waals surface area (Å²) in [6.45, 7) is 5.03. The smallest absolute Gasteiger partial charge is 0.243 e. The molecule has 24 heavy (non-hydrogen) atoms. The van der Waals surface area contributed by atoms with E-state index in [4.69, 9.17) is 9.47 Å². The molecular formula is C17H24N2O4S. The van der Waals surface area contributed by atoms with Gasteiger partial charge in [0.2, 0.25) is 10.0 Å². The van der Waals surface area contributed by atoms with E-state index in [1.165, 1.54) is 12.8 Å². The Balaban J connectivity index is 1.49. The van der Waals surface area contributed by atoms with E-state index in [1.807, 2.05) is 0 Å². The predicted octanol–water partition coefficient (Wildman–Crippen LogP) is 1.56. The average Bonchev–Trinajstić information content (AvgIpc) is 3.42. The quantitative estimate of drug-likeness (QED) is 0.823. The number of fused-ring (bicyclic) bond motifs is 1. The zero-order valence-corrected chi connectivity index (χ0v) is 14.6. The highest BCUT2D eigenvalue weighted by Crippen LogP contribution is 2.33. The molecule has 4 rings (SSSR count). The first kappa shape index (κ1) is 16.2. The average molecular weight is 352 g/mol. The van der Waals surface area contributed by atoms with Gasteiger partial charge in [-0.15, -0.1) is 0 Å². The van der Waals surface area contributed by atoms with Gasteiger partial charge in [0.05, 0.1) is 4.90 Å². The SMILES string of the molecule is O=S(=O)(c1ccc2c(c1)OCCO2)N1CCCN(CC2CC2)CC1. The largest absolute Gasteiger partial charge is 0.486 e. The molecule has 2 heterocycles. The van der Waals surface area contributed by atoms with Crippen LogP contribution in [0, 0.1) is 5.92 Å². The van der Waals surface area contributed by atoms with Crippen molar-refractivity contribution in [3.63, 3.8) is 0 Å². The van der Waals surface area contributed by atoms with Crippen LogP contribution in [0.4, 0.5) is 0 Å². The van der Waals surface area contributed by atoms with Gasteiger partial charge in [0.15, 0.2) is 11.5 Å². The predicted molar refractivity (Wildman–Crippen MR) is 90.0 cm³/mol. The Labute approximate surface area is 143 Å². The molecule has 0 spiro atoms. The molecule has 6 nitrogen and oxygen atoms in total. The molecule has 2 aliphatic heterocycles. The second-order valence-corrected chi connectivity index (χ2v) is 8.75. The van der Waals surface area contributed by atoms with Crippen LogP contribution in [0.25, 0.3) is 0 Å². The number of sulfonamides is 1. The van der Waals surface area contributed by atoms with Crippen molar-refractivity contribution in [2.45, 2.75) is 24.2 Å². The second kappa shape index (κ2) is 6.54. The van der Waals surface area contributed by atoms with Gasteiger partial charge in [0, 0.05) is 32.2 Å². The van der Waals surface area contributed by atoms with Gasteiger partial charge in [-0.25, -0.2) is 8.42 Å². The lowest BCUT2D eigenvalue weighted by atomic mass is 10.3. The van der Waals surface area contributed by atoms with E-state index in [-0.39, 0.29) is 0 Å². The van der Waals surface area contributed by atoms with Crippen LogP contribution in [0.2, 0.25) is 0 Å². The summed E-state index contributed by atoms with van der Waals surface area (Å²) >= 11 is 0. The monoisotopic (exact) mass is 352 g/mol. The minimum atomic E-state index is -3.48. The minimum absolute atomic E-state index is 0.294. The molecule has 1 saturated heterocycles. The van der Waals surface area contributed by atoms with E-state index in [9.17, 15) is 8.42 Å². The van der Waals surface area contributed by atoms with Crippen LogP contribution in [0.3, 0.4) is 0 Å². The van der Waals surface area contributed by atoms with Crippen LogP contribution in [-0.4, -0.2) is 63.6 Å². The molecule has 0 unspecified atom stereocenters. The Morgan fingerprint density at radius 3 is 2.58 bits per heavy atom. The number of hydrogen-bond donors (Lipinski definition) is 0. The topological polar surface area (TPSA) is 59.1 Å². The van der Waals surface area contributed by atoms with Crippen molar-refractivity contribution in [2.75, 3.05) is 45.9 Å². The highest BCUT2D eigenvalue weighted by Gasteiger charge is 2.30. The first-order chi connectivity index (χ1) is 11.6. The lowest BCUT2D eigenvalue weighted by molar-refractivity contribution is 0.171. The normalized spacial score (nSPS) is 23.0. The van der Waals surface area contributed by atoms with Gasteiger partial charge >= 0.3 is 0 Å². The summed E-state index contributed by atoms with van der Waals surface area (Å²) in [5, 5.41) is 0. The van der Waals surface area contributed by atoms with Crippen molar-refractivity contribution in [3.8, 4) is 11.5 Å². The third-order valence-corrected chi connectivity index (χ3v) is 6.81. The fourth-order valence-electron chi connectivity index (χ4n) is 3.37. The van der Waals surface area contributed by atoms with Gasteiger partial charge in [0.1, 0.15) is 13.2 Å². The van der Waals surface area contributed by atoms with E-state index >= 15 is 0 Å². The number of ether oxygens (including phenoxy) is 2. The van der Waals surface area contributed by atoms with Crippen molar-refractivity contribution in [3.05, 3.63) is 18.2 Å². The molecule has 0 bridgehead atoms. The zero-order valence-electron chi connectivity index (χ0n) is 13.8. The van der Waals surface area contributed by atoms with Crippen LogP contribution in [0.1, 0.15) is 19.3 Å². The van der Waals surface area contributed by atoms with Crippen LogP contribution in [-0.2, 0) is 10.0 Å². The Morgan fingerprint density at radius 2 is 1.79 bits per heavy atom. The summed E-state index contributed by atoms with van der Waals surface area (Å²) in [5.41, 5.74) is 0. The van der Waals surface area contributed by atoms with Gasteiger partial charge in [-0.2, -0.15) is 4.31 Å². The molecule has 2 fully saturated rings. The van der Waals surface area contributed by atoms with Crippen LogP contribution < -0.4 is 9.47 Å². The fraction of sp³-hybridized carbons (Fsp3) is 0.647. The molecular weight excluding hydrogens is 328 g/mol. The summed E-state index contributed by atoms with van der Waals surface area (Å²) in [5.74, 6) is 1.98. The Hall–Kier alpha value is -1.31. The van der Waals surface area contributed by atoms with Gasteiger partial charge in [0.25, 0.3) is 0 Å². The highest BCUT2D eigenvalue weighted by molar-refractivity contribution is 7.89. The molecule has 0 atom stereocenters. The Kier molecular flexibility index (Phi) is 4.40. The summed E-state index contributed by atoms with van der Waals surface area (Å²) < 4.78 is 38.6. The van der Waals surface area contributed by atoms with E-state index in [1.54, 1.807) is 22.5 Å². The van der Waals surface area contributed by atoms with Crippen LogP contribution in [0.5, 0.6) is 11.5 Å². The van der Waals surface area contributed by atoms with Gasteiger partial charge in [-0.3, -0.25) is 0 Å². The maximum absolute atomic E-state index is 13.0. The lowest BCUT2D eigenvalue weighted by Crippen LogP contribution is -2.35. The van der Waals surface area contributed by atoms with Gasteiger partial charge in [-0.05, 0) is 43.9 Å². The molecule has 132 valence electrons. The molecule has 3 aliphatic rings. The molecule has 0 amide bonds. The summed E-state index contributed by atoms with van der Waals surface area (Å²) in [7, 11) is -3.48. The summed E-state index contributed by atoms with van der Waals surface area (Å²) in [4.78, 5) is 2.71. The standard InChI is InChI=1S/C17H24N2O4S/c20-24(21,15-4-5-16-17(12-15)23-11-10-22-16)19-7-1-6-18(8-9-19)13-14-2-3-14/h4-5,12,14H,1-3,6-11,13H2. The molecule has 1 saturated carbocycles. The third kappa shape index (κ3) is 3.38. The van der Waals surface area contributed by atoms with Crippen molar-refractivity contribution >= 4 is 10.0 Å². The molecule has 0 radical (unpaired) electrons. The Bertz CT molecular complexity index is 703. The highest BCUT2D eigenvalue weighted by atomic mass is 32.2. The van der Waals surface area contributed by atoms with Crippen molar-refractivity contribution in [1.82, 2.24) is 9.21 Å². The maximum atomic E-state index is 13.0. The number of nitrogens with zero attached hydrogens (tertiary/aromatic N) is 2. The molecule has 1 aliphatic carbocycles. The summed E-state index contributed by atoms with van der Waals surface area (Å²) in [6.07, 6.45) is 3.54. The molecule has 0 N–H and O–H groups in total. The third-order valence-electron chi connectivity index (χ3n) is 4.91. The zero-order chi connectivity index (χ0) is 16.6. The lowest BCUT2D eigenvalue weighted by Gasteiger charge is -2.23.